The maximum Gasteiger partial charge on any atom is 0.258 e. The summed E-state index contributed by atoms with van der Waals surface area (Å²) >= 11 is 0. The van der Waals surface area contributed by atoms with Crippen LogP contribution < -0.4 is 9.16 Å². The van der Waals surface area contributed by atoms with Crippen LogP contribution in [-0.2, 0) is 23.0 Å². The number of hydrogen-bond acceptors (Lipinski definition) is 5. The van der Waals surface area contributed by atoms with E-state index in [0.29, 0.717) is 35.3 Å². The van der Waals surface area contributed by atoms with E-state index in [4.69, 9.17) is 9.16 Å². The number of hydrogen-bond donors (Lipinski definition) is 0. The zero-order valence-corrected chi connectivity index (χ0v) is 23.1. The Hall–Kier alpha value is -2.34. The highest BCUT2D eigenvalue weighted by atomic mass is 32.2. The van der Waals surface area contributed by atoms with Crippen molar-refractivity contribution in [2.24, 2.45) is 0 Å². The molecule has 0 saturated heterocycles. The molecule has 0 N–H and O–H groups in total. The van der Waals surface area contributed by atoms with Crippen LogP contribution in [0.1, 0.15) is 58.2 Å². The third-order valence-electron chi connectivity index (χ3n) is 7.08. The molecule has 1 aliphatic heterocycles. The second kappa shape index (κ2) is 10.1. The Morgan fingerprint density at radius 3 is 2.12 bits per heavy atom. The summed E-state index contributed by atoms with van der Waals surface area (Å²) < 4.78 is 40.8. The van der Waals surface area contributed by atoms with E-state index in [1.54, 1.807) is 19.2 Å². The third kappa shape index (κ3) is 4.61. The van der Waals surface area contributed by atoms with Crippen molar-refractivity contribution in [3.05, 3.63) is 53.1 Å². The molecule has 0 radical (unpaired) electrons. The highest BCUT2D eigenvalue weighted by molar-refractivity contribution is 7.89. The van der Waals surface area contributed by atoms with Crippen LogP contribution in [0, 0.1) is 11.3 Å². The van der Waals surface area contributed by atoms with Gasteiger partial charge < -0.3 is 9.16 Å². The first-order chi connectivity index (χ1) is 16.0. The molecule has 6 nitrogen and oxygen atoms in total. The van der Waals surface area contributed by atoms with E-state index in [0.717, 1.165) is 16.9 Å². The number of fused-ring (bicyclic) bond motifs is 1. The zero-order valence-electron chi connectivity index (χ0n) is 21.3. The molecule has 2 aromatic carbocycles. The molecule has 34 heavy (non-hydrogen) atoms. The number of methoxy groups -OCH3 is 1. The number of sulfonamides is 1. The highest BCUT2D eigenvalue weighted by Gasteiger charge is 2.47. The number of rotatable bonds is 8. The van der Waals surface area contributed by atoms with E-state index in [1.165, 1.54) is 16.4 Å². The first-order valence-electron chi connectivity index (χ1n) is 11.9. The zero-order chi connectivity index (χ0) is 25.3. The van der Waals surface area contributed by atoms with Gasteiger partial charge in [0.1, 0.15) is 11.8 Å². The molecule has 0 aromatic heterocycles. The predicted molar refractivity (Wildman–Crippen MR) is 137 cm³/mol. The van der Waals surface area contributed by atoms with Gasteiger partial charge in [-0.05, 0) is 58.4 Å². The quantitative estimate of drug-likeness (QED) is 0.424. The molecule has 0 bridgehead atoms. The lowest BCUT2D eigenvalue weighted by molar-refractivity contribution is 0.370. The normalized spacial score (nSPS) is 14.9. The fraction of sp³-hybridized carbons (Fsp3) is 0.500. The molecular weight excluding hydrogens is 464 g/mol. The van der Waals surface area contributed by atoms with Crippen LogP contribution in [0.15, 0.2) is 41.3 Å². The summed E-state index contributed by atoms with van der Waals surface area (Å²) in [6.45, 7) is 14.1. The minimum absolute atomic E-state index is 0.0504. The van der Waals surface area contributed by atoms with Gasteiger partial charge >= 0.3 is 0 Å². The average Bonchev–Trinajstić information content (AvgIpc) is 2.80. The van der Waals surface area contributed by atoms with Crippen molar-refractivity contribution >= 4 is 18.3 Å². The Kier molecular flexibility index (Phi) is 7.81. The Morgan fingerprint density at radius 2 is 1.56 bits per heavy atom. The van der Waals surface area contributed by atoms with Crippen molar-refractivity contribution in [3.8, 4) is 17.6 Å². The van der Waals surface area contributed by atoms with Crippen molar-refractivity contribution in [2.75, 3.05) is 13.7 Å². The SMILES string of the molecule is COc1cc2c(cc1O[Si](C(C)C)(C(C)C)C(C)C)CCN(S(=O)(=O)c1ccccc1C#N)C2. The lowest BCUT2D eigenvalue weighted by atomic mass is 10.0. The Morgan fingerprint density at radius 1 is 0.971 bits per heavy atom. The monoisotopic (exact) mass is 500 g/mol. The van der Waals surface area contributed by atoms with Crippen molar-refractivity contribution in [1.82, 2.24) is 4.31 Å². The Bertz CT molecular complexity index is 1160. The lowest BCUT2D eigenvalue weighted by Crippen LogP contribution is -2.50. The van der Waals surface area contributed by atoms with Gasteiger partial charge in [0.2, 0.25) is 10.0 Å². The summed E-state index contributed by atoms with van der Waals surface area (Å²) in [4.78, 5) is 0.0504. The van der Waals surface area contributed by atoms with Crippen LogP contribution in [0.25, 0.3) is 0 Å². The summed E-state index contributed by atoms with van der Waals surface area (Å²) in [5.74, 6) is 1.39. The molecule has 0 atom stereocenters. The molecule has 2 aromatic rings. The minimum atomic E-state index is -3.79. The third-order valence-corrected chi connectivity index (χ3v) is 15.0. The number of ether oxygens (including phenoxy) is 1. The molecule has 184 valence electrons. The molecule has 3 rings (SSSR count). The highest BCUT2D eigenvalue weighted by Crippen LogP contribution is 2.45. The molecule has 8 heteroatoms. The molecule has 0 aliphatic carbocycles. The van der Waals surface area contributed by atoms with Crippen molar-refractivity contribution < 1.29 is 17.6 Å². The summed E-state index contributed by atoms with van der Waals surface area (Å²) in [6, 6.07) is 12.3. The van der Waals surface area contributed by atoms with E-state index in [1.807, 2.05) is 12.1 Å². The maximum absolute atomic E-state index is 13.3. The van der Waals surface area contributed by atoms with Crippen LogP contribution in [0.2, 0.25) is 16.6 Å². The lowest BCUT2D eigenvalue weighted by Gasteiger charge is -2.42. The molecule has 0 spiro atoms. The molecule has 1 heterocycles. The van der Waals surface area contributed by atoms with Crippen molar-refractivity contribution in [2.45, 2.75) is 76.0 Å². The fourth-order valence-electron chi connectivity index (χ4n) is 5.45. The second-order valence-electron chi connectivity index (χ2n) is 9.89. The van der Waals surface area contributed by atoms with Crippen LogP contribution >= 0.6 is 0 Å². The first kappa shape index (κ1) is 26.3. The van der Waals surface area contributed by atoms with Crippen LogP contribution in [0.3, 0.4) is 0 Å². The van der Waals surface area contributed by atoms with Gasteiger partial charge in [-0.25, -0.2) is 8.42 Å². The molecule has 0 saturated carbocycles. The van der Waals surface area contributed by atoms with Crippen molar-refractivity contribution in [3.63, 3.8) is 0 Å². The fourth-order valence-corrected chi connectivity index (χ4v) is 12.3. The van der Waals surface area contributed by atoms with E-state index in [2.05, 4.69) is 47.6 Å². The van der Waals surface area contributed by atoms with Gasteiger partial charge in [0.15, 0.2) is 5.75 Å². The minimum Gasteiger partial charge on any atom is -0.540 e. The van der Waals surface area contributed by atoms with Gasteiger partial charge in [0.25, 0.3) is 8.32 Å². The van der Waals surface area contributed by atoms with E-state index in [9.17, 15) is 13.7 Å². The molecular formula is C26H36N2O4SSi. The van der Waals surface area contributed by atoms with E-state index in [-0.39, 0.29) is 17.0 Å². The summed E-state index contributed by atoms with van der Waals surface area (Å²) in [5.41, 5.74) is 3.42. The molecule has 0 fully saturated rings. The summed E-state index contributed by atoms with van der Waals surface area (Å²) in [7, 11) is -4.35. The Labute approximate surface area is 205 Å². The van der Waals surface area contributed by atoms with Gasteiger partial charge in [0.05, 0.1) is 17.6 Å². The van der Waals surface area contributed by atoms with Gasteiger partial charge in [-0.3, -0.25) is 0 Å². The second-order valence-corrected chi connectivity index (χ2v) is 17.2. The summed E-state index contributed by atoms with van der Waals surface area (Å²) in [5, 5.41) is 9.39. The molecule has 1 aliphatic rings. The molecule has 0 amide bonds. The van der Waals surface area contributed by atoms with Crippen LogP contribution in [0.5, 0.6) is 11.5 Å². The van der Waals surface area contributed by atoms with E-state index >= 15 is 0 Å². The van der Waals surface area contributed by atoms with Gasteiger partial charge in [0, 0.05) is 13.1 Å². The Balaban J connectivity index is 1.99. The van der Waals surface area contributed by atoms with Crippen LogP contribution in [-0.4, -0.2) is 34.7 Å². The van der Waals surface area contributed by atoms with E-state index < -0.39 is 18.3 Å². The van der Waals surface area contributed by atoms with Gasteiger partial charge in [-0.2, -0.15) is 9.57 Å². The smallest absolute Gasteiger partial charge is 0.258 e. The first-order valence-corrected chi connectivity index (χ1v) is 15.4. The standard InChI is InChI=1S/C26H36N2O4SSi/c1-18(2)34(19(3)4,20(5)6)32-25-14-21-12-13-28(17-23(21)15-24(25)31-7)33(29,30)26-11-9-8-10-22(26)16-27/h8-11,14-15,18-20H,12-13,17H2,1-7H3. The van der Waals surface area contributed by atoms with Crippen LogP contribution in [0.4, 0.5) is 0 Å². The topological polar surface area (TPSA) is 79.6 Å². The summed E-state index contributed by atoms with van der Waals surface area (Å²) in [6.07, 6.45) is 0.573. The maximum atomic E-state index is 13.3. The molecule has 0 unspecified atom stereocenters. The number of nitrogens with zero attached hydrogens (tertiary/aromatic N) is 2. The van der Waals surface area contributed by atoms with Gasteiger partial charge in [-0.15, -0.1) is 0 Å². The van der Waals surface area contributed by atoms with Gasteiger partial charge in [-0.1, -0.05) is 53.7 Å². The number of nitriles is 1. The number of benzene rings is 2. The predicted octanol–water partition coefficient (Wildman–Crippen LogP) is 5.87. The average molecular weight is 501 g/mol. The largest absolute Gasteiger partial charge is 0.540 e. The van der Waals surface area contributed by atoms with Crippen molar-refractivity contribution in [1.29, 1.82) is 5.26 Å².